The van der Waals surface area contributed by atoms with Crippen LogP contribution in [0.4, 0.5) is 11.5 Å². The lowest BCUT2D eigenvalue weighted by Gasteiger charge is -2.31. The van der Waals surface area contributed by atoms with Crippen LogP contribution in [-0.4, -0.2) is 28.0 Å². The number of pyridine rings is 2. The fraction of sp³-hybridized carbons (Fsp3) is 0.368. The molecule has 3 heterocycles. The topological polar surface area (TPSA) is 72.2 Å². The molecule has 2 aromatic heterocycles. The van der Waals surface area contributed by atoms with E-state index in [4.69, 9.17) is 0 Å². The van der Waals surface area contributed by atoms with Crippen LogP contribution in [0.1, 0.15) is 30.7 Å². The van der Waals surface area contributed by atoms with Crippen molar-refractivity contribution in [3.8, 4) is 11.8 Å². The lowest BCUT2D eigenvalue weighted by Crippen LogP contribution is -2.34. The Bertz CT molecular complexity index is 817. The van der Waals surface area contributed by atoms with E-state index in [1.54, 1.807) is 12.3 Å². The second kappa shape index (κ2) is 7.75. The van der Waals surface area contributed by atoms with Gasteiger partial charge in [0.05, 0.1) is 4.92 Å². The van der Waals surface area contributed by atoms with Gasteiger partial charge in [0.15, 0.2) is 0 Å². The monoisotopic (exact) mass is 336 g/mol. The summed E-state index contributed by atoms with van der Waals surface area (Å²) in [5.74, 6) is 7.33. The third kappa shape index (κ3) is 4.32. The summed E-state index contributed by atoms with van der Waals surface area (Å²) >= 11 is 0. The Morgan fingerprint density at radius 3 is 2.80 bits per heavy atom. The Morgan fingerprint density at radius 2 is 2.08 bits per heavy atom. The highest BCUT2D eigenvalue weighted by Gasteiger charge is 2.25. The van der Waals surface area contributed by atoms with Crippen LogP contribution in [0.5, 0.6) is 0 Å². The number of nitrogens with zero attached hydrogens (tertiary/aromatic N) is 4. The zero-order valence-corrected chi connectivity index (χ0v) is 14.2. The van der Waals surface area contributed by atoms with Crippen LogP contribution in [-0.2, 0) is 0 Å². The van der Waals surface area contributed by atoms with Gasteiger partial charge in [0.2, 0.25) is 5.82 Å². The third-order valence-electron chi connectivity index (χ3n) is 4.37. The quantitative estimate of drug-likeness (QED) is 0.488. The van der Waals surface area contributed by atoms with Gasteiger partial charge < -0.3 is 4.90 Å². The maximum absolute atomic E-state index is 11.1. The Morgan fingerprint density at radius 1 is 1.28 bits per heavy atom. The van der Waals surface area contributed by atoms with Crippen LogP contribution in [0.25, 0.3) is 0 Å². The SMILES string of the molecule is Cc1cccc(C#CCC2CCN(c3ncccc3[N+](=O)[O-])CC2)n1. The highest BCUT2D eigenvalue weighted by atomic mass is 16.6. The number of hydrogen-bond donors (Lipinski definition) is 0. The predicted molar refractivity (Wildman–Crippen MR) is 96.3 cm³/mol. The van der Waals surface area contributed by atoms with Gasteiger partial charge in [-0.2, -0.15) is 0 Å². The number of aryl methyl sites for hydroxylation is 1. The number of nitro groups is 1. The molecule has 0 saturated carbocycles. The molecule has 0 aliphatic carbocycles. The molecule has 1 aliphatic heterocycles. The molecule has 0 bridgehead atoms. The largest absolute Gasteiger partial charge is 0.351 e. The van der Waals surface area contributed by atoms with Gasteiger partial charge in [-0.25, -0.2) is 9.97 Å². The number of piperidine rings is 1. The van der Waals surface area contributed by atoms with Crippen LogP contribution in [0.15, 0.2) is 36.5 Å². The van der Waals surface area contributed by atoms with Gasteiger partial charge in [-0.05, 0) is 49.8 Å². The molecule has 0 aromatic carbocycles. The fourth-order valence-corrected chi connectivity index (χ4v) is 3.02. The molecule has 1 aliphatic rings. The van der Waals surface area contributed by atoms with Crippen LogP contribution < -0.4 is 4.90 Å². The Balaban J connectivity index is 1.57. The molecule has 0 N–H and O–H groups in total. The highest BCUT2D eigenvalue weighted by Crippen LogP contribution is 2.29. The first-order valence-electron chi connectivity index (χ1n) is 8.40. The first-order chi connectivity index (χ1) is 12.1. The summed E-state index contributed by atoms with van der Waals surface area (Å²) in [5.41, 5.74) is 1.85. The van der Waals surface area contributed by atoms with Crippen LogP contribution >= 0.6 is 0 Å². The molecule has 1 saturated heterocycles. The van der Waals surface area contributed by atoms with Crippen molar-refractivity contribution in [1.29, 1.82) is 0 Å². The summed E-state index contributed by atoms with van der Waals surface area (Å²) in [5, 5.41) is 11.1. The van der Waals surface area contributed by atoms with E-state index >= 15 is 0 Å². The number of hydrogen-bond acceptors (Lipinski definition) is 5. The van der Waals surface area contributed by atoms with Gasteiger partial charge in [-0.1, -0.05) is 12.0 Å². The molecule has 0 atom stereocenters. The summed E-state index contributed by atoms with van der Waals surface area (Å²) in [7, 11) is 0. The van der Waals surface area contributed by atoms with E-state index in [9.17, 15) is 10.1 Å². The molecule has 2 aromatic rings. The standard InChI is InChI=1S/C19H20N4O2/c1-15-5-2-7-17(21-15)8-3-6-16-10-13-22(14-11-16)19-18(23(24)25)9-4-12-20-19/h2,4-5,7,9,12,16H,6,10-11,13-14H2,1H3. The molecule has 1 fully saturated rings. The van der Waals surface area contributed by atoms with Crippen molar-refractivity contribution in [2.45, 2.75) is 26.2 Å². The normalized spacial score (nSPS) is 14.7. The first-order valence-corrected chi connectivity index (χ1v) is 8.40. The molecular formula is C19H20N4O2. The van der Waals surface area contributed by atoms with E-state index in [1.807, 2.05) is 30.0 Å². The molecule has 0 radical (unpaired) electrons. The van der Waals surface area contributed by atoms with E-state index in [2.05, 4.69) is 21.8 Å². The van der Waals surface area contributed by atoms with Gasteiger partial charge in [-0.15, -0.1) is 0 Å². The van der Waals surface area contributed by atoms with Crippen molar-refractivity contribution in [1.82, 2.24) is 9.97 Å². The number of rotatable bonds is 3. The zero-order chi connectivity index (χ0) is 17.6. The Hall–Kier alpha value is -2.94. The van der Waals surface area contributed by atoms with Crippen molar-refractivity contribution >= 4 is 11.5 Å². The number of aromatic nitrogens is 2. The molecule has 25 heavy (non-hydrogen) atoms. The molecular weight excluding hydrogens is 316 g/mol. The second-order valence-corrected chi connectivity index (χ2v) is 6.20. The molecule has 0 amide bonds. The lowest BCUT2D eigenvalue weighted by molar-refractivity contribution is -0.384. The van der Waals surface area contributed by atoms with Gasteiger partial charge in [0, 0.05) is 37.5 Å². The molecule has 6 heteroatoms. The minimum absolute atomic E-state index is 0.0752. The summed E-state index contributed by atoms with van der Waals surface area (Å²) in [6, 6.07) is 8.95. The molecule has 6 nitrogen and oxygen atoms in total. The van der Waals surface area contributed by atoms with Crippen molar-refractivity contribution in [2.75, 3.05) is 18.0 Å². The Kier molecular flexibility index (Phi) is 5.24. The average molecular weight is 336 g/mol. The van der Waals surface area contributed by atoms with Crippen molar-refractivity contribution in [3.05, 3.63) is 58.0 Å². The van der Waals surface area contributed by atoms with Gasteiger partial charge >= 0.3 is 5.69 Å². The van der Waals surface area contributed by atoms with Crippen LogP contribution in [0.3, 0.4) is 0 Å². The van der Waals surface area contributed by atoms with Gasteiger partial charge in [0.1, 0.15) is 5.69 Å². The summed E-state index contributed by atoms with van der Waals surface area (Å²) in [6.07, 6.45) is 4.36. The third-order valence-corrected chi connectivity index (χ3v) is 4.37. The van der Waals surface area contributed by atoms with Crippen LogP contribution in [0.2, 0.25) is 0 Å². The van der Waals surface area contributed by atoms with Crippen molar-refractivity contribution in [2.24, 2.45) is 5.92 Å². The van der Waals surface area contributed by atoms with Gasteiger partial charge in [0.25, 0.3) is 0 Å². The second-order valence-electron chi connectivity index (χ2n) is 6.20. The summed E-state index contributed by atoms with van der Waals surface area (Å²) in [4.78, 5) is 21.4. The van der Waals surface area contributed by atoms with E-state index in [1.165, 1.54) is 6.07 Å². The van der Waals surface area contributed by atoms with E-state index in [0.717, 1.165) is 43.7 Å². The van der Waals surface area contributed by atoms with Crippen molar-refractivity contribution in [3.63, 3.8) is 0 Å². The zero-order valence-electron chi connectivity index (χ0n) is 14.2. The molecule has 0 spiro atoms. The fourth-order valence-electron chi connectivity index (χ4n) is 3.02. The predicted octanol–water partition coefficient (Wildman–Crippen LogP) is 3.35. The molecule has 128 valence electrons. The summed E-state index contributed by atoms with van der Waals surface area (Å²) < 4.78 is 0. The average Bonchev–Trinajstić information content (AvgIpc) is 2.62. The number of anilines is 1. The van der Waals surface area contributed by atoms with Gasteiger partial charge in [-0.3, -0.25) is 10.1 Å². The lowest BCUT2D eigenvalue weighted by atomic mass is 9.93. The molecule has 3 rings (SSSR count). The smallest absolute Gasteiger partial charge is 0.311 e. The minimum atomic E-state index is -0.366. The van der Waals surface area contributed by atoms with Crippen molar-refractivity contribution < 1.29 is 4.92 Å². The minimum Gasteiger partial charge on any atom is -0.351 e. The van der Waals surface area contributed by atoms with E-state index in [-0.39, 0.29) is 10.6 Å². The van der Waals surface area contributed by atoms with E-state index < -0.39 is 0 Å². The van der Waals surface area contributed by atoms with Crippen LogP contribution in [0, 0.1) is 34.8 Å². The van der Waals surface area contributed by atoms with E-state index in [0.29, 0.717) is 11.7 Å². The molecule has 0 unspecified atom stereocenters. The summed E-state index contributed by atoms with van der Waals surface area (Å²) in [6.45, 7) is 3.50. The maximum atomic E-state index is 11.1. The maximum Gasteiger partial charge on any atom is 0.311 e. The first kappa shape index (κ1) is 16.9. The highest BCUT2D eigenvalue weighted by molar-refractivity contribution is 5.57. The Labute approximate surface area is 147 Å².